The molecule has 0 atom stereocenters. The number of carbonyl (C=O) groups excluding carboxylic acids is 2. The summed E-state index contributed by atoms with van der Waals surface area (Å²) >= 11 is 1.31. The SMILES string of the molecule is C=CCOC(=O)c1coc(N2CC(SC(C)=O)C2)n1. The van der Waals surface area contributed by atoms with Gasteiger partial charge >= 0.3 is 5.97 Å². The molecule has 19 heavy (non-hydrogen) atoms. The third-order valence-corrected chi connectivity index (χ3v) is 3.45. The molecule has 0 unspecified atom stereocenters. The van der Waals surface area contributed by atoms with Gasteiger partial charge in [-0.15, -0.1) is 0 Å². The maximum absolute atomic E-state index is 11.5. The van der Waals surface area contributed by atoms with Gasteiger partial charge in [0.2, 0.25) is 0 Å². The fourth-order valence-electron chi connectivity index (χ4n) is 1.62. The van der Waals surface area contributed by atoms with Crippen molar-refractivity contribution < 1.29 is 18.7 Å². The lowest BCUT2D eigenvalue weighted by Crippen LogP contribution is -2.49. The van der Waals surface area contributed by atoms with Crippen molar-refractivity contribution in [2.75, 3.05) is 24.6 Å². The minimum absolute atomic E-state index is 0.103. The Hall–Kier alpha value is -1.76. The molecule has 1 aromatic rings. The highest BCUT2D eigenvalue weighted by Crippen LogP contribution is 2.27. The lowest BCUT2D eigenvalue weighted by atomic mass is 10.2. The number of hydrogen-bond donors (Lipinski definition) is 0. The highest BCUT2D eigenvalue weighted by Gasteiger charge is 2.32. The van der Waals surface area contributed by atoms with Crippen LogP contribution in [0, 0.1) is 0 Å². The molecule has 0 bridgehead atoms. The van der Waals surface area contributed by atoms with Crippen LogP contribution in [0.4, 0.5) is 6.01 Å². The smallest absolute Gasteiger partial charge is 0.360 e. The van der Waals surface area contributed by atoms with Crippen molar-refractivity contribution in [1.29, 1.82) is 0 Å². The molecule has 0 radical (unpaired) electrons. The molecule has 1 saturated heterocycles. The van der Waals surface area contributed by atoms with Gasteiger partial charge in [0.15, 0.2) is 10.8 Å². The molecule has 2 heterocycles. The van der Waals surface area contributed by atoms with Gasteiger partial charge in [-0.3, -0.25) is 4.79 Å². The van der Waals surface area contributed by atoms with Crippen molar-refractivity contribution >= 4 is 28.9 Å². The molecule has 6 nitrogen and oxygen atoms in total. The van der Waals surface area contributed by atoms with E-state index in [2.05, 4.69) is 11.6 Å². The molecule has 2 rings (SSSR count). The van der Waals surface area contributed by atoms with Crippen LogP contribution < -0.4 is 4.90 Å². The van der Waals surface area contributed by atoms with Crippen molar-refractivity contribution in [2.24, 2.45) is 0 Å². The van der Waals surface area contributed by atoms with E-state index in [-0.39, 0.29) is 22.7 Å². The molecule has 102 valence electrons. The van der Waals surface area contributed by atoms with Gasteiger partial charge in [-0.25, -0.2) is 4.79 Å². The zero-order valence-corrected chi connectivity index (χ0v) is 11.3. The van der Waals surface area contributed by atoms with Crippen LogP contribution >= 0.6 is 11.8 Å². The molecule has 0 aromatic carbocycles. The summed E-state index contributed by atoms with van der Waals surface area (Å²) < 4.78 is 10.1. The number of aromatic nitrogens is 1. The van der Waals surface area contributed by atoms with Gasteiger partial charge in [-0.05, 0) is 0 Å². The van der Waals surface area contributed by atoms with E-state index >= 15 is 0 Å². The second-order valence-corrected chi connectivity index (χ2v) is 5.52. The number of oxazole rings is 1. The molecule has 0 aliphatic carbocycles. The first kappa shape index (κ1) is 13.7. The molecule has 1 aliphatic rings. The Morgan fingerprint density at radius 2 is 2.42 bits per heavy atom. The minimum atomic E-state index is -0.537. The number of carbonyl (C=O) groups is 2. The van der Waals surface area contributed by atoms with Gasteiger partial charge < -0.3 is 14.1 Å². The summed E-state index contributed by atoms with van der Waals surface area (Å²) in [5.41, 5.74) is 0.138. The summed E-state index contributed by atoms with van der Waals surface area (Å²) in [6.45, 7) is 6.52. The van der Waals surface area contributed by atoms with E-state index in [4.69, 9.17) is 9.15 Å². The monoisotopic (exact) mass is 282 g/mol. The Morgan fingerprint density at radius 1 is 1.68 bits per heavy atom. The first-order valence-electron chi connectivity index (χ1n) is 5.76. The normalized spacial score (nSPS) is 14.9. The van der Waals surface area contributed by atoms with E-state index in [1.165, 1.54) is 24.1 Å². The standard InChI is InChI=1S/C12H14N2O4S/c1-3-4-17-11(16)10-7-18-12(13-10)14-5-9(6-14)19-8(2)15/h3,7,9H,1,4-6H2,2H3. The van der Waals surface area contributed by atoms with Gasteiger partial charge in [0.25, 0.3) is 6.01 Å². The predicted octanol–water partition coefficient (Wildman–Crippen LogP) is 1.49. The molecular formula is C12H14N2O4S. The van der Waals surface area contributed by atoms with Gasteiger partial charge in [0.1, 0.15) is 12.9 Å². The highest BCUT2D eigenvalue weighted by atomic mass is 32.2. The molecule has 0 N–H and O–H groups in total. The van der Waals surface area contributed by atoms with Gasteiger partial charge in [0.05, 0.1) is 0 Å². The average Bonchev–Trinajstić information content (AvgIpc) is 2.79. The summed E-state index contributed by atoms with van der Waals surface area (Å²) in [5.74, 6) is -0.537. The Labute approximate surface area is 114 Å². The molecule has 0 spiro atoms. The van der Waals surface area contributed by atoms with Crippen LogP contribution in [0.2, 0.25) is 0 Å². The molecular weight excluding hydrogens is 268 g/mol. The fraction of sp³-hybridized carbons (Fsp3) is 0.417. The topological polar surface area (TPSA) is 72.6 Å². The summed E-state index contributed by atoms with van der Waals surface area (Å²) in [7, 11) is 0. The van der Waals surface area contributed by atoms with Crippen molar-refractivity contribution in [3.05, 3.63) is 24.6 Å². The Balaban J connectivity index is 1.87. The molecule has 1 aromatic heterocycles. The minimum Gasteiger partial charge on any atom is -0.457 e. The maximum atomic E-state index is 11.5. The van der Waals surface area contributed by atoms with E-state index in [1.54, 1.807) is 6.92 Å². The summed E-state index contributed by atoms with van der Waals surface area (Å²) in [6.07, 6.45) is 2.75. The van der Waals surface area contributed by atoms with Gasteiger partial charge in [-0.1, -0.05) is 24.4 Å². The first-order valence-corrected chi connectivity index (χ1v) is 6.64. The number of rotatable bonds is 5. The number of thioether (sulfide) groups is 1. The van der Waals surface area contributed by atoms with E-state index < -0.39 is 5.97 Å². The number of anilines is 1. The predicted molar refractivity (Wildman–Crippen MR) is 71.3 cm³/mol. The lowest BCUT2D eigenvalue weighted by molar-refractivity contribution is -0.109. The van der Waals surface area contributed by atoms with E-state index in [0.29, 0.717) is 19.1 Å². The largest absolute Gasteiger partial charge is 0.457 e. The van der Waals surface area contributed by atoms with Crippen molar-refractivity contribution in [1.82, 2.24) is 4.98 Å². The second-order valence-electron chi connectivity index (χ2n) is 4.04. The summed E-state index contributed by atoms with van der Waals surface area (Å²) in [6, 6.07) is 0.381. The van der Waals surface area contributed by atoms with Crippen LogP contribution in [-0.4, -0.2) is 41.0 Å². The molecule has 1 fully saturated rings. The van der Waals surface area contributed by atoms with Crippen LogP contribution in [0.1, 0.15) is 17.4 Å². The molecule has 0 amide bonds. The van der Waals surface area contributed by atoms with Crippen molar-refractivity contribution in [2.45, 2.75) is 12.2 Å². The van der Waals surface area contributed by atoms with E-state index in [1.807, 2.05) is 4.90 Å². The molecule has 0 saturated carbocycles. The number of ether oxygens (including phenoxy) is 1. The third kappa shape index (κ3) is 3.37. The zero-order chi connectivity index (χ0) is 13.8. The van der Waals surface area contributed by atoms with Crippen LogP contribution in [-0.2, 0) is 9.53 Å². The number of esters is 1. The first-order chi connectivity index (χ1) is 9.10. The Bertz CT molecular complexity index is 494. The van der Waals surface area contributed by atoms with Crippen LogP contribution in [0.15, 0.2) is 23.3 Å². The zero-order valence-electron chi connectivity index (χ0n) is 10.5. The van der Waals surface area contributed by atoms with Crippen LogP contribution in [0.25, 0.3) is 0 Å². The average molecular weight is 282 g/mol. The van der Waals surface area contributed by atoms with Gasteiger partial charge in [-0.2, -0.15) is 4.98 Å². The van der Waals surface area contributed by atoms with Crippen molar-refractivity contribution in [3.8, 4) is 0 Å². The van der Waals surface area contributed by atoms with Crippen LogP contribution in [0.5, 0.6) is 0 Å². The fourth-order valence-corrected chi connectivity index (χ4v) is 2.59. The summed E-state index contributed by atoms with van der Waals surface area (Å²) in [5, 5.41) is 0.367. The Kier molecular flexibility index (Phi) is 4.26. The number of nitrogens with zero attached hydrogens (tertiary/aromatic N) is 2. The third-order valence-electron chi connectivity index (χ3n) is 2.48. The Morgan fingerprint density at radius 3 is 3.05 bits per heavy atom. The second kappa shape index (κ2) is 5.92. The highest BCUT2D eigenvalue weighted by molar-refractivity contribution is 8.14. The van der Waals surface area contributed by atoms with Crippen LogP contribution in [0.3, 0.4) is 0 Å². The van der Waals surface area contributed by atoms with E-state index in [9.17, 15) is 9.59 Å². The molecule has 1 aliphatic heterocycles. The summed E-state index contributed by atoms with van der Waals surface area (Å²) in [4.78, 5) is 28.3. The lowest BCUT2D eigenvalue weighted by Gasteiger charge is -2.36. The molecule has 7 heteroatoms. The quantitative estimate of drug-likeness (QED) is 0.598. The van der Waals surface area contributed by atoms with Gasteiger partial charge in [0, 0.05) is 25.3 Å². The number of hydrogen-bond acceptors (Lipinski definition) is 7. The van der Waals surface area contributed by atoms with Crippen molar-refractivity contribution in [3.63, 3.8) is 0 Å². The maximum Gasteiger partial charge on any atom is 0.360 e. The van der Waals surface area contributed by atoms with E-state index in [0.717, 1.165) is 0 Å².